The van der Waals surface area contributed by atoms with Crippen molar-refractivity contribution in [3.63, 3.8) is 0 Å². The Balaban J connectivity index is 2.13. The molecule has 0 saturated carbocycles. The summed E-state index contributed by atoms with van der Waals surface area (Å²) >= 11 is 0. The van der Waals surface area contributed by atoms with E-state index in [0.29, 0.717) is 11.8 Å². The summed E-state index contributed by atoms with van der Waals surface area (Å²) in [5, 5.41) is 0. The Hall–Kier alpha value is -1.53. The van der Waals surface area contributed by atoms with E-state index in [1.165, 1.54) is 12.3 Å². The van der Waals surface area contributed by atoms with Crippen molar-refractivity contribution in [2.45, 2.75) is 38.9 Å². The van der Waals surface area contributed by atoms with Crippen LogP contribution in [0.15, 0.2) is 18.2 Å². The first kappa shape index (κ1) is 14.9. The molecule has 2 heterocycles. The Labute approximate surface area is 118 Å². The van der Waals surface area contributed by atoms with Gasteiger partial charge in [-0.2, -0.15) is 4.39 Å². The molecule has 2 rings (SSSR count). The van der Waals surface area contributed by atoms with Crippen molar-refractivity contribution in [1.29, 1.82) is 0 Å². The molecule has 1 aliphatic heterocycles. The molecule has 1 saturated heterocycles. The van der Waals surface area contributed by atoms with E-state index in [2.05, 4.69) is 4.98 Å². The Morgan fingerprint density at radius 3 is 2.40 bits per heavy atom. The molecule has 1 aromatic rings. The lowest BCUT2D eigenvalue weighted by Gasteiger charge is -2.32. The van der Waals surface area contributed by atoms with E-state index in [1.807, 2.05) is 27.7 Å². The maximum Gasteiger partial charge on any atom is 0.487 e. The molecule has 0 aliphatic carbocycles. The quantitative estimate of drug-likeness (QED) is 0.484. The highest BCUT2D eigenvalue weighted by atomic mass is 19.1. The predicted octanol–water partition coefficient (Wildman–Crippen LogP) is 2.68. The highest BCUT2D eigenvalue weighted by molar-refractivity contribution is 6.52. The lowest BCUT2D eigenvalue weighted by Crippen LogP contribution is -2.41. The molecule has 0 N–H and O–H groups in total. The minimum Gasteiger partial charge on any atom is -0.400 e. The zero-order chi connectivity index (χ0) is 15.0. The molecular formula is C14H17BFNO3. The van der Waals surface area contributed by atoms with Gasteiger partial charge in [0.15, 0.2) is 6.29 Å². The number of nitrogens with zero attached hydrogens (tertiary/aromatic N) is 1. The molecule has 0 amide bonds. The fourth-order valence-electron chi connectivity index (χ4n) is 1.81. The number of aromatic nitrogens is 1. The second-order valence-corrected chi connectivity index (χ2v) is 5.75. The molecule has 1 aromatic heterocycles. The van der Waals surface area contributed by atoms with Crippen LogP contribution in [0, 0.1) is 5.95 Å². The maximum absolute atomic E-state index is 13.1. The first-order valence-electron chi connectivity index (χ1n) is 6.40. The van der Waals surface area contributed by atoms with Gasteiger partial charge in [0.1, 0.15) is 0 Å². The third kappa shape index (κ3) is 2.81. The van der Waals surface area contributed by atoms with Crippen molar-refractivity contribution >= 4 is 19.5 Å². The van der Waals surface area contributed by atoms with Crippen molar-refractivity contribution in [3.05, 3.63) is 35.3 Å². The van der Waals surface area contributed by atoms with Crippen molar-refractivity contribution < 1.29 is 18.5 Å². The fraction of sp³-hybridized carbons (Fsp3) is 0.429. The van der Waals surface area contributed by atoms with Gasteiger partial charge in [0, 0.05) is 6.20 Å². The van der Waals surface area contributed by atoms with E-state index < -0.39 is 24.3 Å². The van der Waals surface area contributed by atoms with Crippen LogP contribution in [0.25, 0.3) is 6.08 Å². The van der Waals surface area contributed by atoms with E-state index in [0.717, 1.165) is 0 Å². The summed E-state index contributed by atoms with van der Waals surface area (Å²) in [6.07, 6.45) is 3.49. The summed E-state index contributed by atoms with van der Waals surface area (Å²) in [4.78, 5) is 14.2. The molecule has 4 nitrogen and oxygen atoms in total. The molecule has 0 radical (unpaired) electrons. The normalized spacial score (nSPS) is 20.6. The summed E-state index contributed by atoms with van der Waals surface area (Å²) in [5.41, 5.74) is -0.266. The zero-order valence-corrected chi connectivity index (χ0v) is 12.0. The number of aldehydes is 1. The van der Waals surface area contributed by atoms with Gasteiger partial charge in [0.05, 0.1) is 16.8 Å². The van der Waals surface area contributed by atoms with Crippen molar-refractivity contribution in [3.8, 4) is 0 Å². The third-order valence-corrected chi connectivity index (χ3v) is 3.73. The van der Waals surface area contributed by atoms with E-state index in [-0.39, 0.29) is 5.56 Å². The summed E-state index contributed by atoms with van der Waals surface area (Å²) < 4.78 is 24.7. The molecule has 106 valence electrons. The van der Waals surface area contributed by atoms with Gasteiger partial charge in [0.25, 0.3) is 0 Å². The van der Waals surface area contributed by atoms with Crippen LogP contribution in [-0.2, 0) is 9.31 Å². The number of carbonyl (C=O) groups excluding carboxylic acids is 1. The van der Waals surface area contributed by atoms with Crippen LogP contribution in [0.3, 0.4) is 0 Å². The Bertz CT molecular complexity index is 541. The van der Waals surface area contributed by atoms with E-state index in [9.17, 15) is 9.18 Å². The first-order valence-corrected chi connectivity index (χ1v) is 6.40. The van der Waals surface area contributed by atoms with E-state index in [4.69, 9.17) is 9.31 Å². The summed E-state index contributed by atoms with van der Waals surface area (Å²) in [6, 6.07) is 1.43. The molecular weight excluding hydrogens is 260 g/mol. The minimum absolute atomic E-state index is 0.0685. The smallest absolute Gasteiger partial charge is 0.400 e. The van der Waals surface area contributed by atoms with Crippen LogP contribution in [0.4, 0.5) is 4.39 Å². The highest BCUT2D eigenvalue weighted by Crippen LogP contribution is 2.36. The minimum atomic E-state index is -0.771. The number of rotatable bonds is 3. The zero-order valence-electron chi connectivity index (χ0n) is 12.0. The monoisotopic (exact) mass is 277 g/mol. The largest absolute Gasteiger partial charge is 0.487 e. The predicted molar refractivity (Wildman–Crippen MR) is 74.7 cm³/mol. The van der Waals surface area contributed by atoms with E-state index in [1.54, 1.807) is 12.1 Å². The van der Waals surface area contributed by atoms with Crippen LogP contribution in [0.2, 0.25) is 0 Å². The molecule has 0 unspecified atom stereocenters. The fourth-order valence-corrected chi connectivity index (χ4v) is 1.81. The third-order valence-electron chi connectivity index (χ3n) is 3.73. The average molecular weight is 277 g/mol. The highest BCUT2D eigenvalue weighted by Gasteiger charge is 2.49. The lowest BCUT2D eigenvalue weighted by molar-refractivity contribution is 0.00578. The van der Waals surface area contributed by atoms with Crippen LogP contribution >= 0.6 is 0 Å². The van der Waals surface area contributed by atoms with Gasteiger partial charge in [-0.05, 0) is 39.3 Å². The molecule has 0 aromatic carbocycles. The number of carbonyl (C=O) groups is 1. The van der Waals surface area contributed by atoms with Gasteiger partial charge in [-0.1, -0.05) is 12.1 Å². The summed E-state index contributed by atoms with van der Waals surface area (Å²) in [5.74, 6) is 0.952. The van der Waals surface area contributed by atoms with Gasteiger partial charge < -0.3 is 9.31 Å². The topological polar surface area (TPSA) is 48.4 Å². The Kier molecular flexibility index (Phi) is 3.80. The molecule has 0 bridgehead atoms. The molecule has 0 atom stereocenters. The number of pyridine rings is 1. The molecule has 1 fully saturated rings. The number of hydrogen-bond acceptors (Lipinski definition) is 4. The van der Waals surface area contributed by atoms with Crippen LogP contribution in [-0.4, -0.2) is 29.6 Å². The lowest BCUT2D eigenvalue weighted by atomic mass is 9.89. The second-order valence-electron chi connectivity index (χ2n) is 5.75. The molecule has 20 heavy (non-hydrogen) atoms. The first-order chi connectivity index (χ1) is 9.25. The van der Waals surface area contributed by atoms with Crippen LogP contribution in [0.1, 0.15) is 43.6 Å². The second kappa shape index (κ2) is 5.11. The molecule has 1 aliphatic rings. The summed E-state index contributed by atoms with van der Waals surface area (Å²) in [6.45, 7) is 7.85. The van der Waals surface area contributed by atoms with Crippen LogP contribution in [0.5, 0.6) is 0 Å². The van der Waals surface area contributed by atoms with Crippen molar-refractivity contribution in [1.82, 2.24) is 4.98 Å². The van der Waals surface area contributed by atoms with Gasteiger partial charge in [-0.15, -0.1) is 0 Å². The maximum atomic E-state index is 13.1. The molecule has 6 heteroatoms. The van der Waals surface area contributed by atoms with Gasteiger partial charge in [-0.25, -0.2) is 4.98 Å². The van der Waals surface area contributed by atoms with Gasteiger partial charge in [0.2, 0.25) is 5.95 Å². The SMILES string of the molecule is CC1(C)OB(/C=C/c2cnc(F)c(C=O)c2)OC1(C)C. The molecule has 0 spiro atoms. The Morgan fingerprint density at radius 1 is 1.25 bits per heavy atom. The Morgan fingerprint density at radius 2 is 1.85 bits per heavy atom. The van der Waals surface area contributed by atoms with Gasteiger partial charge >= 0.3 is 7.12 Å². The van der Waals surface area contributed by atoms with Crippen molar-refractivity contribution in [2.24, 2.45) is 0 Å². The van der Waals surface area contributed by atoms with E-state index >= 15 is 0 Å². The number of halogens is 1. The van der Waals surface area contributed by atoms with Crippen molar-refractivity contribution in [2.75, 3.05) is 0 Å². The average Bonchev–Trinajstić information content (AvgIpc) is 2.57. The van der Waals surface area contributed by atoms with Crippen LogP contribution < -0.4 is 0 Å². The number of hydrogen-bond donors (Lipinski definition) is 0. The summed E-state index contributed by atoms with van der Waals surface area (Å²) in [7, 11) is -0.482. The standard InChI is InChI=1S/C14H17BFNO3/c1-13(2)14(3,4)20-15(19-13)6-5-10-7-11(9-18)12(16)17-8-10/h5-9H,1-4H3/b6-5+. The van der Waals surface area contributed by atoms with Gasteiger partial charge in [-0.3, -0.25) is 4.79 Å².